The number of hydrogen-bond donors (Lipinski definition) is 0. The SMILES string of the molecule is COc1cc2c(cc1OC)-c1cc(-c3ccccc3)cc(-c3ccccc3)[n+]1CC2.[O-][Cl+3]([O-])([O-])[O-]. The maximum Gasteiger partial charge on any atom is 0.214 e. The van der Waals surface area contributed by atoms with E-state index in [-0.39, 0.29) is 0 Å². The summed E-state index contributed by atoms with van der Waals surface area (Å²) in [4.78, 5) is 0. The fourth-order valence-electron chi connectivity index (χ4n) is 4.33. The molecular weight excluding hydrogens is 470 g/mol. The molecule has 0 radical (unpaired) electrons. The minimum absolute atomic E-state index is 0.760. The molecule has 0 saturated heterocycles. The molecule has 7 nitrogen and oxygen atoms in total. The van der Waals surface area contributed by atoms with E-state index in [4.69, 9.17) is 28.1 Å². The Kier molecular flexibility index (Phi) is 7.35. The van der Waals surface area contributed by atoms with Crippen molar-refractivity contribution in [1.82, 2.24) is 0 Å². The number of methoxy groups -OCH3 is 2. The van der Waals surface area contributed by atoms with E-state index in [9.17, 15) is 0 Å². The maximum atomic E-state index is 8.49. The summed E-state index contributed by atoms with van der Waals surface area (Å²) in [5.74, 6) is 1.54. The van der Waals surface area contributed by atoms with Crippen LogP contribution >= 0.6 is 0 Å². The molecular formula is C27H24ClNO6. The second kappa shape index (κ2) is 10.4. The first-order valence-electron chi connectivity index (χ1n) is 10.8. The third-order valence-corrected chi connectivity index (χ3v) is 5.83. The highest BCUT2D eigenvalue weighted by Crippen LogP contribution is 2.39. The summed E-state index contributed by atoms with van der Waals surface area (Å²) >= 11 is 0. The van der Waals surface area contributed by atoms with Gasteiger partial charge in [-0.2, -0.15) is 4.57 Å². The van der Waals surface area contributed by atoms with Gasteiger partial charge in [-0.05, 0) is 41.0 Å². The summed E-state index contributed by atoms with van der Waals surface area (Å²) in [6.45, 7) is 0.928. The number of pyridine rings is 1. The van der Waals surface area contributed by atoms with Gasteiger partial charge < -0.3 is 9.47 Å². The number of hydrogen-bond acceptors (Lipinski definition) is 6. The van der Waals surface area contributed by atoms with E-state index in [0.717, 1.165) is 24.5 Å². The van der Waals surface area contributed by atoms with Gasteiger partial charge in [0.25, 0.3) is 0 Å². The molecule has 180 valence electrons. The molecule has 4 aromatic rings. The van der Waals surface area contributed by atoms with Gasteiger partial charge in [0.15, 0.2) is 18.0 Å². The zero-order chi connectivity index (χ0) is 25.0. The smallest absolute Gasteiger partial charge is 0.214 e. The summed E-state index contributed by atoms with van der Waals surface area (Å²) in [6.07, 6.45) is 0.956. The second-order valence-electron chi connectivity index (χ2n) is 7.89. The minimum atomic E-state index is -4.94. The van der Waals surface area contributed by atoms with E-state index in [1.165, 1.54) is 39.2 Å². The van der Waals surface area contributed by atoms with Crippen LogP contribution in [-0.2, 0) is 13.0 Å². The Morgan fingerprint density at radius 1 is 0.657 bits per heavy atom. The summed E-state index contributed by atoms with van der Waals surface area (Å²) in [5.41, 5.74) is 8.57. The van der Waals surface area contributed by atoms with Crippen molar-refractivity contribution in [2.45, 2.75) is 13.0 Å². The summed E-state index contributed by atoms with van der Waals surface area (Å²) in [5, 5.41) is 0. The molecule has 0 bridgehead atoms. The first-order chi connectivity index (χ1) is 16.8. The van der Waals surface area contributed by atoms with Crippen molar-refractivity contribution in [3.8, 4) is 45.1 Å². The molecule has 8 heteroatoms. The van der Waals surface area contributed by atoms with Crippen molar-refractivity contribution in [3.05, 3.63) is 90.5 Å². The highest BCUT2D eigenvalue weighted by Gasteiger charge is 2.29. The lowest BCUT2D eigenvalue weighted by atomic mass is 9.92. The highest BCUT2D eigenvalue weighted by atomic mass is 35.7. The number of rotatable bonds is 4. The number of nitrogens with zero attached hydrogens (tertiary/aromatic N) is 1. The Morgan fingerprint density at radius 2 is 1.17 bits per heavy atom. The molecule has 0 aliphatic carbocycles. The molecule has 35 heavy (non-hydrogen) atoms. The summed E-state index contributed by atoms with van der Waals surface area (Å²) < 4.78 is 47.6. The average Bonchev–Trinajstić information content (AvgIpc) is 2.87. The number of fused-ring (bicyclic) bond motifs is 3. The number of benzene rings is 3. The molecule has 0 atom stereocenters. The summed E-state index contributed by atoms with van der Waals surface area (Å²) in [7, 11) is -1.56. The lowest BCUT2D eigenvalue weighted by Gasteiger charge is -2.20. The molecule has 0 N–H and O–H groups in total. The van der Waals surface area contributed by atoms with Gasteiger partial charge in [0.1, 0.15) is 0 Å². The molecule has 0 unspecified atom stereocenters. The normalized spacial score (nSPS) is 12.1. The van der Waals surface area contributed by atoms with Crippen molar-refractivity contribution < 1.29 is 42.9 Å². The van der Waals surface area contributed by atoms with Gasteiger partial charge in [-0.15, -0.1) is 10.2 Å². The topological polar surface area (TPSA) is 115 Å². The van der Waals surface area contributed by atoms with Crippen molar-refractivity contribution >= 4 is 0 Å². The van der Waals surface area contributed by atoms with Gasteiger partial charge in [-0.25, -0.2) is 18.6 Å². The lowest BCUT2D eigenvalue weighted by molar-refractivity contribution is -2.00. The van der Waals surface area contributed by atoms with Crippen LogP contribution in [0.25, 0.3) is 33.6 Å². The zero-order valence-electron chi connectivity index (χ0n) is 19.3. The molecule has 1 aliphatic rings. The first kappa shape index (κ1) is 24.7. The Labute approximate surface area is 205 Å². The lowest BCUT2D eigenvalue weighted by Crippen LogP contribution is -2.68. The monoisotopic (exact) mass is 493 g/mol. The quantitative estimate of drug-likeness (QED) is 0.388. The number of ether oxygens (including phenoxy) is 2. The first-order valence-corrected chi connectivity index (χ1v) is 12.1. The maximum absolute atomic E-state index is 8.49. The van der Waals surface area contributed by atoms with E-state index >= 15 is 0 Å². The Hall–Kier alpha value is -3.46. The van der Waals surface area contributed by atoms with E-state index in [1.807, 2.05) is 0 Å². The van der Waals surface area contributed by atoms with Crippen LogP contribution in [-0.4, -0.2) is 14.2 Å². The van der Waals surface area contributed by atoms with Gasteiger partial charge in [0.2, 0.25) is 11.4 Å². The van der Waals surface area contributed by atoms with Crippen molar-refractivity contribution in [1.29, 1.82) is 0 Å². The van der Waals surface area contributed by atoms with Gasteiger partial charge in [-0.3, -0.25) is 0 Å². The highest BCUT2D eigenvalue weighted by molar-refractivity contribution is 5.76. The van der Waals surface area contributed by atoms with Crippen molar-refractivity contribution in [3.63, 3.8) is 0 Å². The van der Waals surface area contributed by atoms with Crippen LogP contribution in [0.15, 0.2) is 84.9 Å². The number of halogens is 1. The van der Waals surface area contributed by atoms with Crippen LogP contribution in [0.1, 0.15) is 5.56 Å². The van der Waals surface area contributed by atoms with E-state index < -0.39 is 10.2 Å². The Morgan fingerprint density at radius 3 is 1.74 bits per heavy atom. The third kappa shape index (κ3) is 5.79. The van der Waals surface area contributed by atoms with Crippen LogP contribution in [0, 0.1) is 10.2 Å². The minimum Gasteiger partial charge on any atom is -0.493 e. The van der Waals surface area contributed by atoms with Crippen LogP contribution in [0.3, 0.4) is 0 Å². The largest absolute Gasteiger partial charge is 0.493 e. The van der Waals surface area contributed by atoms with Crippen LogP contribution in [0.2, 0.25) is 0 Å². The second-order valence-corrected chi connectivity index (χ2v) is 8.65. The average molecular weight is 494 g/mol. The fourth-order valence-corrected chi connectivity index (χ4v) is 4.33. The molecule has 0 amide bonds. The van der Waals surface area contributed by atoms with Gasteiger partial charge in [0, 0.05) is 24.1 Å². The number of aryl methyl sites for hydroxylation is 1. The standard InChI is InChI=1S/C27H24NO2.ClHO4/c1-29-26-17-21-13-14-28-24(20-11-7-4-8-12-20)15-22(19-9-5-3-6-10-19)16-25(28)23(21)18-27(26)30-2;2-1(3,4)5/h3-12,15-18H,13-14H2,1-2H3;(H,2,3,4,5)/q+1;/p-1. The molecule has 0 fully saturated rings. The molecule has 1 aromatic heterocycles. The van der Waals surface area contributed by atoms with Crippen molar-refractivity contribution in [2.24, 2.45) is 0 Å². The van der Waals surface area contributed by atoms with E-state index in [1.54, 1.807) is 14.2 Å². The van der Waals surface area contributed by atoms with Crippen LogP contribution in [0.5, 0.6) is 11.5 Å². The number of aromatic nitrogens is 1. The molecule has 2 heterocycles. The van der Waals surface area contributed by atoms with E-state index in [0.29, 0.717) is 0 Å². The molecule has 5 rings (SSSR count). The predicted molar refractivity (Wildman–Crippen MR) is 120 cm³/mol. The Bertz CT molecular complexity index is 1300. The van der Waals surface area contributed by atoms with Gasteiger partial charge in [0.05, 0.1) is 19.8 Å². The molecule has 3 aromatic carbocycles. The summed E-state index contributed by atoms with van der Waals surface area (Å²) in [6, 6.07) is 30.0. The van der Waals surface area contributed by atoms with E-state index in [2.05, 4.69) is 89.5 Å². The molecule has 1 aliphatic heterocycles. The molecule has 0 saturated carbocycles. The zero-order valence-corrected chi connectivity index (χ0v) is 20.0. The Balaban J connectivity index is 0.000000527. The van der Waals surface area contributed by atoms with Crippen molar-refractivity contribution in [2.75, 3.05) is 14.2 Å². The molecule has 0 spiro atoms. The van der Waals surface area contributed by atoms with Crippen LogP contribution < -0.4 is 32.7 Å². The third-order valence-electron chi connectivity index (χ3n) is 5.83. The van der Waals surface area contributed by atoms with Crippen LogP contribution in [0.4, 0.5) is 0 Å². The van der Waals surface area contributed by atoms with Gasteiger partial charge >= 0.3 is 0 Å². The predicted octanol–water partition coefficient (Wildman–Crippen LogP) is 0.792. The van der Waals surface area contributed by atoms with Gasteiger partial charge in [-0.1, -0.05) is 48.5 Å². The fraction of sp³-hybridized carbons (Fsp3) is 0.148.